The molecule has 0 radical (unpaired) electrons. The minimum absolute atomic E-state index is 0.126. The molecule has 106 valence electrons. The molecule has 4 nitrogen and oxygen atoms in total. The fourth-order valence-electron chi connectivity index (χ4n) is 2.78. The van der Waals surface area contributed by atoms with E-state index in [0.29, 0.717) is 29.6 Å². The Bertz CT molecular complexity index is 449. The Morgan fingerprint density at radius 1 is 1.21 bits per heavy atom. The van der Waals surface area contributed by atoms with Crippen LogP contribution >= 0.6 is 11.3 Å². The van der Waals surface area contributed by atoms with Gasteiger partial charge in [-0.25, -0.2) is 0 Å². The predicted molar refractivity (Wildman–Crippen MR) is 64.3 cm³/mol. The third-order valence-electron chi connectivity index (χ3n) is 3.63. The normalized spacial score (nSPS) is 28.3. The lowest BCUT2D eigenvalue weighted by Crippen LogP contribution is -2.52. The van der Waals surface area contributed by atoms with Gasteiger partial charge in [0.15, 0.2) is 0 Å². The number of anilines is 1. The van der Waals surface area contributed by atoms with Gasteiger partial charge in [-0.05, 0) is 12.8 Å². The monoisotopic (exact) mass is 293 g/mol. The van der Waals surface area contributed by atoms with Crippen molar-refractivity contribution in [1.29, 1.82) is 0 Å². The zero-order valence-corrected chi connectivity index (χ0v) is 11.0. The van der Waals surface area contributed by atoms with Crippen LogP contribution in [0, 0.1) is 0 Å². The van der Waals surface area contributed by atoms with Gasteiger partial charge in [0.2, 0.25) is 10.1 Å². The number of hydrogen-bond donors (Lipinski definition) is 0. The van der Waals surface area contributed by atoms with E-state index in [9.17, 15) is 13.2 Å². The smallest absolute Gasteiger partial charge is 0.374 e. The largest absolute Gasteiger partial charge is 0.445 e. The van der Waals surface area contributed by atoms with E-state index in [1.165, 1.54) is 0 Å². The highest BCUT2D eigenvalue weighted by molar-refractivity contribution is 7.15. The number of fused-ring (bicyclic) bond motifs is 1. The summed E-state index contributed by atoms with van der Waals surface area (Å²) in [6, 6.07) is 0.150. The maximum absolute atomic E-state index is 12.6. The van der Waals surface area contributed by atoms with E-state index >= 15 is 0 Å². The van der Waals surface area contributed by atoms with Crippen molar-refractivity contribution in [2.24, 2.45) is 0 Å². The fraction of sp³-hybridized carbons (Fsp3) is 0.818. The number of hydrogen-bond acceptors (Lipinski definition) is 5. The van der Waals surface area contributed by atoms with Crippen LogP contribution in [0.5, 0.6) is 0 Å². The second-order valence-corrected chi connectivity index (χ2v) is 5.80. The number of ether oxygens (including phenoxy) is 1. The molecule has 0 bridgehead atoms. The summed E-state index contributed by atoms with van der Waals surface area (Å²) < 4.78 is 43.4. The maximum atomic E-state index is 12.6. The number of alkyl halides is 3. The molecule has 3 rings (SSSR count). The first kappa shape index (κ1) is 13.1. The van der Waals surface area contributed by atoms with Crippen molar-refractivity contribution >= 4 is 16.5 Å². The van der Waals surface area contributed by atoms with Gasteiger partial charge in [-0.15, -0.1) is 10.2 Å². The lowest BCUT2D eigenvalue weighted by Gasteiger charge is -2.43. The topological polar surface area (TPSA) is 38.2 Å². The summed E-state index contributed by atoms with van der Waals surface area (Å²) in [5.41, 5.74) is 0. The highest BCUT2D eigenvalue weighted by Gasteiger charge is 2.39. The molecule has 0 aromatic carbocycles. The van der Waals surface area contributed by atoms with Crippen LogP contribution in [-0.4, -0.2) is 35.5 Å². The third kappa shape index (κ3) is 2.55. The molecular weight excluding hydrogens is 279 g/mol. The fourth-order valence-corrected chi connectivity index (χ4v) is 3.58. The van der Waals surface area contributed by atoms with E-state index in [1.54, 1.807) is 0 Å². The van der Waals surface area contributed by atoms with Crippen LogP contribution in [0.3, 0.4) is 0 Å². The second kappa shape index (κ2) is 4.90. The molecule has 1 aliphatic heterocycles. The van der Waals surface area contributed by atoms with Gasteiger partial charge in [-0.2, -0.15) is 13.2 Å². The van der Waals surface area contributed by atoms with Gasteiger partial charge in [0, 0.05) is 6.54 Å². The van der Waals surface area contributed by atoms with Crippen molar-refractivity contribution in [3.8, 4) is 0 Å². The molecule has 1 saturated heterocycles. The van der Waals surface area contributed by atoms with Gasteiger partial charge in [-0.1, -0.05) is 24.2 Å². The molecule has 2 aliphatic rings. The number of rotatable bonds is 1. The van der Waals surface area contributed by atoms with E-state index in [2.05, 4.69) is 10.2 Å². The average Bonchev–Trinajstić information content (AvgIpc) is 2.87. The molecule has 0 unspecified atom stereocenters. The highest BCUT2D eigenvalue weighted by atomic mass is 32.1. The highest BCUT2D eigenvalue weighted by Crippen LogP contribution is 2.37. The second-order valence-electron chi connectivity index (χ2n) is 4.84. The number of aromatic nitrogens is 2. The number of morpholine rings is 1. The molecule has 19 heavy (non-hydrogen) atoms. The number of nitrogens with zero attached hydrogens (tertiary/aromatic N) is 3. The SMILES string of the molecule is FC(F)(F)c1nnc(N2CCO[C@@H]3CCCC[C@H]32)s1. The Morgan fingerprint density at radius 2 is 2.00 bits per heavy atom. The quantitative estimate of drug-likeness (QED) is 0.798. The minimum atomic E-state index is -4.41. The maximum Gasteiger partial charge on any atom is 0.445 e. The molecule has 8 heteroatoms. The van der Waals surface area contributed by atoms with Gasteiger partial charge >= 0.3 is 6.18 Å². The molecule has 2 fully saturated rings. The van der Waals surface area contributed by atoms with E-state index < -0.39 is 11.2 Å². The van der Waals surface area contributed by atoms with E-state index in [-0.39, 0.29) is 12.1 Å². The molecule has 2 heterocycles. The summed E-state index contributed by atoms with van der Waals surface area (Å²) in [5.74, 6) is 0. The predicted octanol–water partition coefficient (Wildman–Crippen LogP) is 2.70. The van der Waals surface area contributed by atoms with Crippen molar-refractivity contribution in [3.05, 3.63) is 5.01 Å². The Hall–Kier alpha value is -0.890. The Labute approximate surface area is 112 Å². The van der Waals surface area contributed by atoms with Crippen LogP contribution in [0.25, 0.3) is 0 Å². The minimum Gasteiger partial charge on any atom is -0.374 e. The molecule has 0 amide bonds. The molecule has 1 saturated carbocycles. The summed E-state index contributed by atoms with van der Waals surface area (Å²) in [6.45, 7) is 1.13. The summed E-state index contributed by atoms with van der Waals surface area (Å²) in [4.78, 5) is 1.94. The van der Waals surface area contributed by atoms with E-state index in [0.717, 1.165) is 25.7 Å². The molecule has 1 aliphatic carbocycles. The van der Waals surface area contributed by atoms with Gasteiger partial charge in [-0.3, -0.25) is 0 Å². The van der Waals surface area contributed by atoms with Crippen molar-refractivity contribution in [1.82, 2.24) is 10.2 Å². The van der Waals surface area contributed by atoms with Gasteiger partial charge < -0.3 is 9.64 Å². The molecular formula is C11H14F3N3OS. The number of halogens is 3. The van der Waals surface area contributed by atoms with Crippen molar-refractivity contribution in [3.63, 3.8) is 0 Å². The van der Waals surface area contributed by atoms with Crippen LogP contribution in [0.4, 0.5) is 18.3 Å². The first-order chi connectivity index (χ1) is 9.05. The van der Waals surface area contributed by atoms with Crippen LogP contribution in [-0.2, 0) is 10.9 Å². The van der Waals surface area contributed by atoms with E-state index in [1.807, 2.05) is 4.90 Å². The summed E-state index contributed by atoms with van der Waals surface area (Å²) in [7, 11) is 0. The van der Waals surface area contributed by atoms with Crippen molar-refractivity contribution in [2.45, 2.75) is 44.0 Å². The average molecular weight is 293 g/mol. The standard InChI is InChI=1S/C11H14F3N3OS/c12-11(13,14)9-15-16-10(19-9)17-5-6-18-8-4-2-1-3-7(8)17/h7-8H,1-6H2/t7-,8-/m1/s1. The molecule has 0 N–H and O–H groups in total. The first-order valence-electron chi connectivity index (χ1n) is 6.34. The van der Waals surface area contributed by atoms with Crippen LogP contribution < -0.4 is 4.90 Å². The first-order valence-corrected chi connectivity index (χ1v) is 7.16. The Balaban J connectivity index is 1.82. The van der Waals surface area contributed by atoms with Crippen LogP contribution in [0.2, 0.25) is 0 Å². The lowest BCUT2D eigenvalue weighted by molar-refractivity contribution is -0.138. The van der Waals surface area contributed by atoms with Crippen molar-refractivity contribution < 1.29 is 17.9 Å². The van der Waals surface area contributed by atoms with Gasteiger partial charge in [0.25, 0.3) is 0 Å². The van der Waals surface area contributed by atoms with E-state index in [4.69, 9.17) is 4.74 Å². The molecule has 2 atom stereocenters. The zero-order chi connectivity index (χ0) is 13.5. The molecule has 1 aromatic heterocycles. The van der Waals surface area contributed by atoms with Crippen LogP contribution in [0.15, 0.2) is 0 Å². The lowest BCUT2D eigenvalue weighted by atomic mass is 9.90. The summed E-state index contributed by atoms with van der Waals surface area (Å²) >= 11 is 0.625. The van der Waals surface area contributed by atoms with Crippen molar-refractivity contribution in [2.75, 3.05) is 18.1 Å². The Morgan fingerprint density at radius 3 is 2.74 bits per heavy atom. The van der Waals surface area contributed by atoms with Gasteiger partial charge in [0.05, 0.1) is 18.8 Å². The summed E-state index contributed by atoms with van der Waals surface area (Å²) in [6.07, 6.45) is -0.141. The molecule has 0 spiro atoms. The zero-order valence-electron chi connectivity index (χ0n) is 10.2. The Kier molecular flexibility index (Phi) is 3.38. The molecule has 1 aromatic rings. The van der Waals surface area contributed by atoms with Crippen LogP contribution in [0.1, 0.15) is 30.7 Å². The third-order valence-corrected chi connectivity index (χ3v) is 4.64. The summed E-state index contributed by atoms with van der Waals surface area (Å²) in [5, 5.41) is 6.47. The van der Waals surface area contributed by atoms with Gasteiger partial charge in [0.1, 0.15) is 0 Å².